The number of nitrogens with one attached hydrogen (secondary N) is 1. The minimum atomic E-state index is -0.387. The Morgan fingerprint density at radius 1 is 1.14 bits per heavy atom. The predicted molar refractivity (Wildman–Crippen MR) is 84.9 cm³/mol. The van der Waals surface area contributed by atoms with E-state index in [-0.39, 0.29) is 11.9 Å². The van der Waals surface area contributed by atoms with Crippen molar-refractivity contribution in [1.82, 2.24) is 4.98 Å². The summed E-state index contributed by atoms with van der Waals surface area (Å²) in [4.78, 5) is 26.9. The van der Waals surface area contributed by atoms with E-state index in [0.29, 0.717) is 11.4 Å². The van der Waals surface area contributed by atoms with Crippen molar-refractivity contribution >= 4 is 39.2 Å². The average Bonchev–Trinajstić information content (AvgIpc) is 2.45. The number of aromatic nitrogens is 1. The number of rotatable bonds is 2. The van der Waals surface area contributed by atoms with Gasteiger partial charge in [-0.05, 0) is 29.7 Å². The molecule has 22 heavy (non-hydrogen) atoms. The fraction of sp³-hybridized carbons (Fsp3) is 0.118. The van der Waals surface area contributed by atoms with Crippen molar-refractivity contribution in [3.8, 4) is 5.75 Å². The summed E-state index contributed by atoms with van der Waals surface area (Å²) < 4.78 is 5.29. The third-order valence-electron chi connectivity index (χ3n) is 3.24. The van der Waals surface area contributed by atoms with Gasteiger partial charge in [-0.2, -0.15) is 0 Å². The second kappa shape index (κ2) is 5.44. The van der Waals surface area contributed by atoms with Crippen LogP contribution in [0.25, 0.3) is 21.7 Å². The van der Waals surface area contributed by atoms with E-state index in [4.69, 9.17) is 4.74 Å². The van der Waals surface area contributed by atoms with E-state index in [1.54, 1.807) is 18.3 Å². The number of carbonyl (C=O) groups excluding carboxylic acids is 2. The van der Waals surface area contributed by atoms with Crippen LogP contribution in [-0.2, 0) is 9.59 Å². The SMILES string of the molecule is CC(=O)Nc1ccc2cnc3cccc(OC(C)=O)c3c2c1. The summed E-state index contributed by atoms with van der Waals surface area (Å²) in [6.07, 6.45) is 1.76. The lowest BCUT2D eigenvalue weighted by atomic mass is 10.1. The van der Waals surface area contributed by atoms with Gasteiger partial charge >= 0.3 is 5.97 Å². The van der Waals surface area contributed by atoms with E-state index < -0.39 is 0 Å². The molecule has 1 heterocycles. The molecule has 110 valence electrons. The second-order valence-electron chi connectivity index (χ2n) is 4.99. The summed E-state index contributed by atoms with van der Waals surface area (Å²) in [6.45, 7) is 2.82. The number of ether oxygens (including phenoxy) is 1. The average molecular weight is 294 g/mol. The first-order valence-corrected chi connectivity index (χ1v) is 6.82. The van der Waals surface area contributed by atoms with Crippen LogP contribution >= 0.6 is 0 Å². The van der Waals surface area contributed by atoms with E-state index in [1.807, 2.05) is 24.3 Å². The standard InChI is InChI=1S/C17H14N2O3/c1-10(20)19-13-7-6-12-9-18-15-4-3-5-16(22-11(2)21)17(15)14(12)8-13/h3-9H,1-2H3,(H,19,20). The maximum atomic E-state index is 11.3. The number of pyridine rings is 1. The Kier molecular flexibility index (Phi) is 3.47. The number of esters is 1. The third-order valence-corrected chi connectivity index (χ3v) is 3.24. The molecule has 3 rings (SSSR count). The molecule has 0 aliphatic carbocycles. The minimum Gasteiger partial charge on any atom is -0.426 e. The second-order valence-corrected chi connectivity index (χ2v) is 4.99. The molecule has 0 bridgehead atoms. The molecule has 0 aliphatic rings. The van der Waals surface area contributed by atoms with Crippen LogP contribution in [0.4, 0.5) is 5.69 Å². The molecule has 1 aromatic heterocycles. The zero-order valence-corrected chi connectivity index (χ0v) is 12.2. The first kappa shape index (κ1) is 14.0. The number of benzene rings is 2. The monoisotopic (exact) mass is 294 g/mol. The van der Waals surface area contributed by atoms with Crippen LogP contribution in [0.3, 0.4) is 0 Å². The fourth-order valence-corrected chi connectivity index (χ4v) is 2.44. The summed E-state index contributed by atoms with van der Waals surface area (Å²) in [7, 11) is 0. The molecule has 0 saturated heterocycles. The van der Waals surface area contributed by atoms with Crippen molar-refractivity contribution in [2.24, 2.45) is 0 Å². The molecule has 0 spiro atoms. The van der Waals surface area contributed by atoms with Gasteiger partial charge in [-0.25, -0.2) is 0 Å². The number of hydrogen-bond donors (Lipinski definition) is 1. The fourth-order valence-electron chi connectivity index (χ4n) is 2.44. The van der Waals surface area contributed by atoms with Crippen LogP contribution < -0.4 is 10.1 Å². The number of fused-ring (bicyclic) bond motifs is 3. The Bertz CT molecular complexity index is 903. The summed E-state index contributed by atoms with van der Waals surface area (Å²) >= 11 is 0. The van der Waals surface area contributed by atoms with E-state index in [2.05, 4.69) is 10.3 Å². The van der Waals surface area contributed by atoms with Crippen LogP contribution in [0.2, 0.25) is 0 Å². The Morgan fingerprint density at radius 2 is 1.95 bits per heavy atom. The van der Waals surface area contributed by atoms with Gasteiger partial charge in [0.15, 0.2) is 0 Å². The molecule has 1 amide bonds. The summed E-state index contributed by atoms with van der Waals surface area (Å²) in [6, 6.07) is 10.9. The lowest BCUT2D eigenvalue weighted by Gasteiger charge is -2.10. The zero-order valence-electron chi connectivity index (χ0n) is 12.2. The summed E-state index contributed by atoms with van der Waals surface area (Å²) in [5.74, 6) is -0.0662. The van der Waals surface area contributed by atoms with Gasteiger partial charge in [0, 0.05) is 31.1 Å². The Morgan fingerprint density at radius 3 is 2.68 bits per heavy atom. The highest BCUT2D eigenvalue weighted by atomic mass is 16.5. The van der Waals surface area contributed by atoms with E-state index in [1.165, 1.54) is 13.8 Å². The molecule has 0 unspecified atom stereocenters. The van der Waals surface area contributed by atoms with Crippen molar-refractivity contribution in [2.75, 3.05) is 5.32 Å². The molecule has 5 heteroatoms. The lowest BCUT2D eigenvalue weighted by Crippen LogP contribution is -2.05. The van der Waals surface area contributed by atoms with Crippen LogP contribution in [0, 0.1) is 0 Å². The topological polar surface area (TPSA) is 68.3 Å². The molecule has 3 aromatic rings. The highest BCUT2D eigenvalue weighted by Crippen LogP contribution is 2.33. The minimum absolute atomic E-state index is 0.141. The Labute approximate surface area is 126 Å². The molecular formula is C17H14N2O3. The predicted octanol–water partition coefficient (Wildman–Crippen LogP) is 3.27. The highest BCUT2D eigenvalue weighted by Gasteiger charge is 2.10. The van der Waals surface area contributed by atoms with E-state index in [0.717, 1.165) is 21.7 Å². The summed E-state index contributed by atoms with van der Waals surface area (Å²) in [5.41, 5.74) is 1.41. The Hall–Kier alpha value is -2.95. The molecule has 2 aromatic carbocycles. The van der Waals surface area contributed by atoms with E-state index >= 15 is 0 Å². The van der Waals surface area contributed by atoms with E-state index in [9.17, 15) is 9.59 Å². The van der Waals surface area contributed by atoms with Gasteiger partial charge in [-0.1, -0.05) is 12.1 Å². The first-order valence-electron chi connectivity index (χ1n) is 6.82. The van der Waals surface area contributed by atoms with Gasteiger partial charge in [-0.15, -0.1) is 0 Å². The smallest absolute Gasteiger partial charge is 0.308 e. The molecule has 0 radical (unpaired) electrons. The van der Waals surface area contributed by atoms with Crippen molar-refractivity contribution in [3.63, 3.8) is 0 Å². The number of amides is 1. The number of carbonyl (C=O) groups is 2. The van der Waals surface area contributed by atoms with Crippen molar-refractivity contribution < 1.29 is 14.3 Å². The largest absolute Gasteiger partial charge is 0.426 e. The Balaban J connectivity index is 2.31. The van der Waals surface area contributed by atoms with Gasteiger partial charge in [0.2, 0.25) is 5.91 Å². The van der Waals surface area contributed by atoms with Crippen molar-refractivity contribution in [1.29, 1.82) is 0 Å². The maximum absolute atomic E-state index is 11.3. The first-order chi connectivity index (χ1) is 10.5. The van der Waals surface area contributed by atoms with Crippen molar-refractivity contribution in [2.45, 2.75) is 13.8 Å². The molecule has 0 aliphatic heterocycles. The normalized spacial score (nSPS) is 10.6. The number of hydrogen-bond acceptors (Lipinski definition) is 4. The van der Waals surface area contributed by atoms with Gasteiger partial charge in [-0.3, -0.25) is 14.6 Å². The summed E-state index contributed by atoms with van der Waals surface area (Å²) in [5, 5.41) is 5.28. The molecule has 5 nitrogen and oxygen atoms in total. The van der Waals surface area contributed by atoms with Crippen LogP contribution in [0.5, 0.6) is 5.75 Å². The molecule has 0 fully saturated rings. The van der Waals surface area contributed by atoms with Crippen LogP contribution in [0.15, 0.2) is 42.6 Å². The van der Waals surface area contributed by atoms with Gasteiger partial charge in [0.1, 0.15) is 5.75 Å². The third kappa shape index (κ3) is 2.61. The maximum Gasteiger partial charge on any atom is 0.308 e. The quantitative estimate of drug-likeness (QED) is 0.447. The van der Waals surface area contributed by atoms with Crippen LogP contribution in [0.1, 0.15) is 13.8 Å². The van der Waals surface area contributed by atoms with Crippen molar-refractivity contribution in [3.05, 3.63) is 42.6 Å². The lowest BCUT2D eigenvalue weighted by molar-refractivity contribution is -0.131. The van der Waals surface area contributed by atoms with Crippen LogP contribution in [-0.4, -0.2) is 16.9 Å². The number of nitrogens with zero attached hydrogens (tertiary/aromatic N) is 1. The molecular weight excluding hydrogens is 280 g/mol. The van der Waals surface area contributed by atoms with Gasteiger partial charge < -0.3 is 10.1 Å². The molecule has 1 N–H and O–H groups in total. The highest BCUT2D eigenvalue weighted by molar-refractivity contribution is 6.10. The molecule has 0 atom stereocenters. The zero-order chi connectivity index (χ0) is 15.7. The van der Waals surface area contributed by atoms with Gasteiger partial charge in [0.25, 0.3) is 0 Å². The van der Waals surface area contributed by atoms with Gasteiger partial charge in [0.05, 0.1) is 10.9 Å². The molecule has 0 saturated carbocycles. The number of anilines is 1.